The lowest BCUT2D eigenvalue weighted by Crippen LogP contribution is -2.25. The fourth-order valence-corrected chi connectivity index (χ4v) is 3.66. The van der Waals surface area contributed by atoms with Crippen LogP contribution in [0.1, 0.15) is 26.7 Å². The van der Waals surface area contributed by atoms with Crippen LogP contribution >= 0.6 is 23.2 Å². The molecule has 34 heavy (non-hydrogen) atoms. The summed E-state index contributed by atoms with van der Waals surface area (Å²) in [6.45, 7) is 4.84. The van der Waals surface area contributed by atoms with E-state index in [1.807, 2.05) is 24.3 Å². The van der Waals surface area contributed by atoms with Gasteiger partial charge in [0.2, 0.25) is 5.95 Å². The molecule has 0 aliphatic rings. The molecule has 0 amide bonds. The number of fused-ring (bicyclic) bond motifs is 1. The van der Waals surface area contributed by atoms with Crippen molar-refractivity contribution in [2.45, 2.75) is 32.4 Å². The van der Waals surface area contributed by atoms with Crippen molar-refractivity contribution in [3.8, 4) is 0 Å². The minimum absolute atomic E-state index is 0.224. The molecule has 3 heterocycles. The minimum atomic E-state index is -1.17. The van der Waals surface area contributed by atoms with Gasteiger partial charge in [-0.3, -0.25) is 4.98 Å². The summed E-state index contributed by atoms with van der Waals surface area (Å²) in [5.41, 5.74) is 1.27. The van der Waals surface area contributed by atoms with Gasteiger partial charge in [0.15, 0.2) is 10.9 Å². The van der Waals surface area contributed by atoms with Gasteiger partial charge in [0.05, 0.1) is 17.4 Å². The van der Waals surface area contributed by atoms with Crippen LogP contribution in [0.2, 0.25) is 10.2 Å². The van der Waals surface area contributed by atoms with Gasteiger partial charge in [-0.15, -0.1) is 0 Å². The van der Waals surface area contributed by atoms with Gasteiger partial charge in [0.25, 0.3) is 0 Å². The van der Waals surface area contributed by atoms with E-state index >= 15 is 0 Å². The number of halogens is 2. The Bertz CT molecular complexity index is 1270. The summed E-state index contributed by atoms with van der Waals surface area (Å²) in [4.78, 5) is 13.1. The maximum absolute atomic E-state index is 10.1. The standard InChI is InChI=1S/C23H26Cl2N8O/c1-23(2,34)33-14-19(21(25)32-33)30-22-29-12-8-20(31-22)28-10-4-3-9-26-17-7-11-27-18-13-15(24)5-6-16(17)18/h5-8,11-14,34H,3-4,9-10H2,1-2H3,(H,26,27)(H2,28,29,30,31). The third kappa shape index (κ3) is 6.05. The van der Waals surface area contributed by atoms with Gasteiger partial charge in [-0.2, -0.15) is 10.1 Å². The van der Waals surface area contributed by atoms with Gasteiger partial charge in [-0.25, -0.2) is 9.67 Å². The summed E-state index contributed by atoms with van der Waals surface area (Å²) < 4.78 is 1.37. The zero-order valence-electron chi connectivity index (χ0n) is 18.9. The van der Waals surface area contributed by atoms with Gasteiger partial charge in [-0.05, 0) is 57.0 Å². The monoisotopic (exact) mass is 500 g/mol. The smallest absolute Gasteiger partial charge is 0.229 e. The fourth-order valence-electron chi connectivity index (χ4n) is 3.32. The van der Waals surface area contributed by atoms with Crippen molar-refractivity contribution in [2.24, 2.45) is 0 Å². The summed E-state index contributed by atoms with van der Waals surface area (Å²) in [6, 6.07) is 9.50. The number of unbranched alkanes of at least 4 members (excludes halogenated alkanes) is 1. The summed E-state index contributed by atoms with van der Waals surface area (Å²) in [5, 5.41) is 26.0. The zero-order valence-corrected chi connectivity index (χ0v) is 20.4. The van der Waals surface area contributed by atoms with Crippen LogP contribution in [0.3, 0.4) is 0 Å². The second-order valence-electron chi connectivity index (χ2n) is 8.24. The second kappa shape index (κ2) is 10.4. The molecule has 0 fully saturated rings. The largest absolute Gasteiger partial charge is 0.384 e. The predicted molar refractivity (Wildman–Crippen MR) is 137 cm³/mol. The predicted octanol–water partition coefficient (Wildman–Crippen LogP) is 5.26. The Morgan fingerprint density at radius 2 is 1.74 bits per heavy atom. The maximum atomic E-state index is 10.1. The number of nitrogens with zero attached hydrogens (tertiary/aromatic N) is 5. The van der Waals surface area contributed by atoms with Gasteiger partial charge in [0.1, 0.15) is 5.82 Å². The third-order valence-corrected chi connectivity index (χ3v) is 5.58. The van der Waals surface area contributed by atoms with Crippen LogP contribution < -0.4 is 16.0 Å². The lowest BCUT2D eigenvalue weighted by Gasteiger charge is -2.17. The molecule has 4 N–H and O–H groups in total. The first-order chi connectivity index (χ1) is 16.3. The van der Waals surface area contributed by atoms with Gasteiger partial charge in [0, 0.05) is 41.6 Å². The molecular weight excluding hydrogens is 475 g/mol. The first-order valence-electron chi connectivity index (χ1n) is 10.9. The number of hydrogen-bond acceptors (Lipinski definition) is 8. The van der Waals surface area contributed by atoms with Gasteiger partial charge < -0.3 is 21.1 Å². The van der Waals surface area contributed by atoms with Gasteiger partial charge in [-0.1, -0.05) is 23.2 Å². The fraction of sp³-hybridized carbons (Fsp3) is 0.304. The Morgan fingerprint density at radius 1 is 0.971 bits per heavy atom. The van der Waals surface area contributed by atoms with Crippen molar-refractivity contribution in [1.29, 1.82) is 0 Å². The Balaban J connectivity index is 1.25. The SMILES string of the molecule is CC(C)(O)n1cc(Nc2nccc(NCCCCNc3ccnc4cc(Cl)ccc34)n2)c(Cl)n1. The molecule has 0 unspecified atom stereocenters. The number of anilines is 4. The molecule has 0 saturated heterocycles. The average molecular weight is 501 g/mol. The number of hydrogen-bond donors (Lipinski definition) is 4. The van der Waals surface area contributed by atoms with Crippen LogP contribution in [0.5, 0.6) is 0 Å². The highest BCUT2D eigenvalue weighted by Gasteiger charge is 2.19. The van der Waals surface area contributed by atoms with Crippen molar-refractivity contribution >= 4 is 57.2 Å². The molecule has 178 valence electrons. The first kappa shape index (κ1) is 24.0. The van der Waals surface area contributed by atoms with E-state index in [-0.39, 0.29) is 5.15 Å². The second-order valence-corrected chi connectivity index (χ2v) is 9.04. The number of benzene rings is 1. The van der Waals surface area contributed by atoms with Crippen LogP contribution in [0.15, 0.2) is 48.9 Å². The average Bonchev–Trinajstić information content (AvgIpc) is 3.17. The Hall–Kier alpha value is -3.14. The van der Waals surface area contributed by atoms with E-state index in [0.29, 0.717) is 22.5 Å². The molecular formula is C23H26Cl2N8O. The summed E-state index contributed by atoms with van der Waals surface area (Å²) in [7, 11) is 0. The van der Waals surface area contributed by atoms with Crippen LogP contribution in [0.4, 0.5) is 23.1 Å². The van der Waals surface area contributed by atoms with Crippen LogP contribution in [0, 0.1) is 0 Å². The Labute approximate surface area is 207 Å². The topological polar surface area (TPSA) is 113 Å². The number of aliphatic hydroxyl groups is 1. The van der Waals surface area contributed by atoms with E-state index in [9.17, 15) is 5.11 Å². The van der Waals surface area contributed by atoms with Crippen molar-refractivity contribution in [3.05, 3.63) is 59.1 Å². The molecule has 11 heteroatoms. The normalized spacial score (nSPS) is 11.6. The molecule has 9 nitrogen and oxygen atoms in total. The minimum Gasteiger partial charge on any atom is -0.384 e. The lowest BCUT2D eigenvalue weighted by atomic mass is 10.2. The first-order valence-corrected chi connectivity index (χ1v) is 11.7. The van der Waals surface area contributed by atoms with Crippen molar-refractivity contribution in [3.63, 3.8) is 0 Å². The van der Waals surface area contributed by atoms with E-state index in [4.69, 9.17) is 23.2 Å². The summed E-state index contributed by atoms with van der Waals surface area (Å²) >= 11 is 12.2. The zero-order chi connectivity index (χ0) is 24.1. The van der Waals surface area contributed by atoms with E-state index in [0.717, 1.165) is 42.5 Å². The van der Waals surface area contributed by atoms with Crippen LogP contribution in [-0.2, 0) is 5.72 Å². The molecule has 0 aliphatic heterocycles. The van der Waals surface area contributed by atoms with E-state index < -0.39 is 5.72 Å². The van der Waals surface area contributed by atoms with Crippen molar-refractivity contribution in [1.82, 2.24) is 24.7 Å². The Morgan fingerprint density at radius 3 is 2.50 bits per heavy atom. The molecule has 0 bridgehead atoms. The molecule has 0 aliphatic carbocycles. The highest BCUT2D eigenvalue weighted by Crippen LogP contribution is 2.26. The third-order valence-electron chi connectivity index (χ3n) is 5.06. The van der Waals surface area contributed by atoms with Crippen LogP contribution in [0.25, 0.3) is 10.9 Å². The number of nitrogens with one attached hydrogen (secondary N) is 3. The highest BCUT2D eigenvalue weighted by atomic mass is 35.5. The number of pyridine rings is 1. The molecule has 4 rings (SSSR count). The Kier molecular flexibility index (Phi) is 7.35. The van der Waals surface area contributed by atoms with Crippen molar-refractivity contribution < 1.29 is 5.11 Å². The number of aromatic nitrogens is 5. The van der Waals surface area contributed by atoms with E-state index in [1.165, 1.54) is 4.68 Å². The van der Waals surface area contributed by atoms with E-state index in [1.54, 1.807) is 38.5 Å². The van der Waals surface area contributed by atoms with Crippen LogP contribution in [-0.4, -0.2) is 42.9 Å². The van der Waals surface area contributed by atoms with E-state index in [2.05, 4.69) is 36.0 Å². The molecule has 4 aromatic rings. The summed E-state index contributed by atoms with van der Waals surface area (Å²) in [5.74, 6) is 1.09. The number of rotatable bonds is 10. The molecule has 1 aromatic carbocycles. The van der Waals surface area contributed by atoms with Crippen molar-refractivity contribution in [2.75, 3.05) is 29.0 Å². The maximum Gasteiger partial charge on any atom is 0.229 e. The molecule has 0 atom stereocenters. The quantitative estimate of drug-likeness (QED) is 0.218. The highest BCUT2D eigenvalue weighted by molar-refractivity contribution is 6.32. The molecule has 0 radical (unpaired) electrons. The molecule has 0 spiro atoms. The lowest BCUT2D eigenvalue weighted by molar-refractivity contribution is -0.0103. The summed E-state index contributed by atoms with van der Waals surface area (Å²) in [6.07, 6.45) is 6.99. The molecule has 0 saturated carbocycles. The van der Waals surface area contributed by atoms with Gasteiger partial charge >= 0.3 is 0 Å². The molecule has 3 aromatic heterocycles.